The van der Waals surface area contributed by atoms with E-state index in [1.807, 2.05) is 38.1 Å². The number of benzene rings is 2. The van der Waals surface area contributed by atoms with Gasteiger partial charge < -0.3 is 25.0 Å². The van der Waals surface area contributed by atoms with Gasteiger partial charge in [-0.2, -0.15) is 0 Å². The van der Waals surface area contributed by atoms with Crippen LogP contribution in [-0.2, 0) is 14.3 Å². The highest BCUT2D eigenvalue weighted by Crippen LogP contribution is 2.30. The summed E-state index contributed by atoms with van der Waals surface area (Å²) in [4.78, 5) is 41.5. The first-order chi connectivity index (χ1) is 17.8. The summed E-state index contributed by atoms with van der Waals surface area (Å²) in [5.41, 5.74) is 1.50. The van der Waals surface area contributed by atoms with E-state index >= 15 is 0 Å². The zero-order valence-corrected chi connectivity index (χ0v) is 24.0. The van der Waals surface area contributed by atoms with E-state index in [2.05, 4.69) is 24.5 Å². The Hall–Kier alpha value is -3.55. The molecule has 0 aliphatic heterocycles. The van der Waals surface area contributed by atoms with Gasteiger partial charge in [-0.3, -0.25) is 9.59 Å². The Balaban J connectivity index is 2.45. The first-order valence-corrected chi connectivity index (χ1v) is 13.1. The van der Waals surface area contributed by atoms with Crippen molar-refractivity contribution < 1.29 is 23.9 Å². The molecular formula is C30H43N3O5. The Morgan fingerprint density at radius 3 is 2.13 bits per heavy atom. The normalized spacial score (nSPS) is 12.9. The van der Waals surface area contributed by atoms with Crippen LogP contribution in [0.25, 0.3) is 0 Å². The fourth-order valence-electron chi connectivity index (χ4n) is 4.11. The van der Waals surface area contributed by atoms with Gasteiger partial charge in [-0.05, 0) is 88.8 Å². The number of amides is 3. The third kappa shape index (κ3) is 9.39. The highest BCUT2D eigenvalue weighted by atomic mass is 16.6. The van der Waals surface area contributed by atoms with Crippen LogP contribution < -0.4 is 15.4 Å². The number of nitrogens with zero attached hydrogens (tertiary/aromatic N) is 1. The number of carbonyl (C=O) groups excluding carboxylic acids is 3. The number of ether oxygens (including phenoxy) is 2. The van der Waals surface area contributed by atoms with Crippen LogP contribution in [0, 0.1) is 12.8 Å². The molecule has 0 radical (unpaired) electrons. The van der Waals surface area contributed by atoms with Gasteiger partial charge in [0.15, 0.2) is 0 Å². The van der Waals surface area contributed by atoms with Gasteiger partial charge in [-0.1, -0.05) is 38.1 Å². The molecule has 2 aromatic carbocycles. The molecule has 0 saturated heterocycles. The minimum Gasteiger partial charge on any atom is -0.497 e. The lowest BCUT2D eigenvalue weighted by atomic mass is 9.95. The molecule has 2 rings (SSSR count). The quantitative estimate of drug-likeness (QED) is 0.383. The molecule has 0 bridgehead atoms. The molecule has 0 spiro atoms. The van der Waals surface area contributed by atoms with Gasteiger partial charge in [0.1, 0.15) is 23.9 Å². The van der Waals surface area contributed by atoms with E-state index in [0.717, 1.165) is 17.5 Å². The molecule has 3 amide bonds. The summed E-state index contributed by atoms with van der Waals surface area (Å²) in [7, 11) is 1.58. The van der Waals surface area contributed by atoms with E-state index in [-0.39, 0.29) is 24.4 Å². The third-order valence-corrected chi connectivity index (χ3v) is 6.07. The summed E-state index contributed by atoms with van der Waals surface area (Å²) in [6.45, 7) is 13.1. The predicted molar refractivity (Wildman–Crippen MR) is 150 cm³/mol. The van der Waals surface area contributed by atoms with E-state index < -0.39 is 17.7 Å². The molecule has 0 fully saturated rings. The second-order valence-corrected chi connectivity index (χ2v) is 11.0. The Bertz CT molecular complexity index is 1080. The number of anilines is 1. The number of nitrogens with one attached hydrogen (secondary N) is 2. The van der Waals surface area contributed by atoms with Crippen molar-refractivity contribution in [1.29, 1.82) is 0 Å². The second-order valence-electron chi connectivity index (χ2n) is 11.0. The molecule has 2 N–H and O–H groups in total. The van der Waals surface area contributed by atoms with Crippen LogP contribution in [0.5, 0.6) is 5.75 Å². The van der Waals surface area contributed by atoms with E-state index in [4.69, 9.17) is 9.47 Å². The van der Waals surface area contributed by atoms with Crippen LogP contribution in [0.2, 0.25) is 0 Å². The topological polar surface area (TPSA) is 97.0 Å². The Morgan fingerprint density at radius 2 is 1.58 bits per heavy atom. The number of alkyl carbamates (subject to hydrolysis) is 1. The van der Waals surface area contributed by atoms with Crippen molar-refractivity contribution in [2.45, 2.75) is 79.0 Å². The summed E-state index contributed by atoms with van der Waals surface area (Å²) in [6, 6.07) is 13.4. The van der Waals surface area contributed by atoms with Gasteiger partial charge in [0.2, 0.25) is 5.91 Å². The molecule has 8 heteroatoms. The standard InChI is InChI=1S/C30H43N3O5/c1-20(2)13-14-22(4)33(26(34)19-31-29(36)38-30(5,6)7)27(25-12-10-9-11-21(25)3)28(35)32-23-15-17-24(37-8)18-16-23/h9-12,15-18,20,22,27H,13-14,19H2,1-8H3,(H,31,36)(H,32,35). The zero-order valence-electron chi connectivity index (χ0n) is 24.0. The Labute approximate surface area is 227 Å². The first-order valence-electron chi connectivity index (χ1n) is 13.1. The monoisotopic (exact) mass is 525 g/mol. The van der Waals surface area contributed by atoms with E-state index in [1.165, 1.54) is 0 Å². The fraction of sp³-hybridized carbons (Fsp3) is 0.500. The average molecular weight is 526 g/mol. The summed E-state index contributed by atoms with van der Waals surface area (Å²) in [6.07, 6.45) is 0.898. The van der Waals surface area contributed by atoms with Gasteiger partial charge in [0.25, 0.3) is 5.91 Å². The van der Waals surface area contributed by atoms with Crippen LogP contribution in [0.4, 0.5) is 10.5 Å². The summed E-state index contributed by atoms with van der Waals surface area (Å²) >= 11 is 0. The molecule has 0 aromatic heterocycles. The third-order valence-electron chi connectivity index (χ3n) is 6.07. The lowest BCUT2D eigenvalue weighted by Crippen LogP contribution is -2.50. The number of methoxy groups -OCH3 is 1. The number of hydrogen-bond acceptors (Lipinski definition) is 5. The second kappa shape index (κ2) is 13.8. The van der Waals surface area contributed by atoms with Gasteiger partial charge >= 0.3 is 6.09 Å². The van der Waals surface area contributed by atoms with Crippen molar-refractivity contribution in [3.05, 3.63) is 59.7 Å². The van der Waals surface area contributed by atoms with Gasteiger partial charge in [0.05, 0.1) is 7.11 Å². The maximum Gasteiger partial charge on any atom is 0.408 e. The highest BCUT2D eigenvalue weighted by Gasteiger charge is 2.35. The predicted octanol–water partition coefficient (Wildman–Crippen LogP) is 5.86. The Morgan fingerprint density at radius 1 is 0.947 bits per heavy atom. The van der Waals surface area contributed by atoms with Crippen molar-refractivity contribution in [3.8, 4) is 5.75 Å². The minimum atomic E-state index is -0.909. The number of rotatable bonds is 11. The molecule has 0 saturated carbocycles. The number of aryl methyl sites for hydroxylation is 1. The van der Waals surface area contributed by atoms with Gasteiger partial charge in [-0.15, -0.1) is 0 Å². The smallest absolute Gasteiger partial charge is 0.408 e. The zero-order chi connectivity index (χ0) is 28.5. The minimum absolute atomic E-state index is 0.267. The lowest BCUT2D eigenvalue weighted by Gasteiger charge is -2.37. The van der Waals surface area contributed by atoms with Crippen LogP contribution in [-0.4, -0.2) is 48.1 Å². The number of carbonyl (C=O) groups is 3. The van der Waals surface area contributed by atoms with Crippen molar-refractivity contribution in [3.63, 3.8) is 0 Å². The maximum atomic E-state index is 13.9. The van der Waals surface area contributed by atoms with Crippen molar-refractivity contribution in [2.24, 2.45) is 5.92 Å². The van der Waals surface area contributed by atoms with E-state index in [0.29, 0.717) is 23.8 Å². The lowest BCUT2D eigenvalue weighted by molar-refractivity contribution is -0.141. The first kappa shape index (κ1) is 30.7. The fourth-order valence-corrected chi connectivity index (χ4v) is 4.11. The molecule has 8 nitrogen and oxygen atoms in total. The molecule has 0 heterocycles. The number of hydrogen-bond donors (Lipinski definition) is 2. The summed E-state index contributed by atoms with van der Waals surface area (Å²) < 4.78 is 10.5. The molecule has 208 valence electrons. The van der Waals surface area contributed by atoms with Crippen molar-refractivity contribution >= 4 is 23.6 Å². The molecule has 2 unspecified atom stereocenters. The van der Waals surface area contributed by atoms with Crippen LogP contribution in [0.15, 0.2) is 48.5 Å². The molecule has 2 atom stereocenters. The Kier molecular flexibility index (Phi) is 11.2. The molecule has 0 aliphatic rings. The maximum absolute atomic E-state index is 13.9. The molecule has 0 aliphatic carbocycles. The molecule has 38 heavy (non-hydrogen) atoms. The van der Waals surface area contributed by atoms with Crippen LogP contribution in [0.3, 0.4) is 0 Å². The van der Waals surface area contributed by atoms with Crippen LogP contribution >= 0.6 is 0 Å². The average Bonchev–Trinajstić information content (AvgIpc) is 2.84. The largest absolute Gasteiger partial charge is 0.497 e. The van der Waals surface area contributed by atoms with Gasteiger partial charge in [-0.25, -0.2) is 4.79 Å². The van der Waals surface area contributed by atoms with E-state index in [9.17, 15) is 14.4 Å². The molecular weight excluding hydrogens is 482 g/mol. The molecule has 2 aromatic rings. The highest BCUT2D eigenvalue weighted by molar-refractivity contribution is 5.98. The van der Waals surface area contributed by atoms with Crippen LogP contribution in [0.1, 0.15) is 71.6 Å². The van der Waals surface area contributed by atoms with Gasteiger partial charge in [0, 0.05) is 11.7 Å². The van der Waals surface area contributed by atoms with Crippen molar-refractivity contribution in [2.75, 3.05) is 19.0 Å². The summed E-state index contributed by atoms with van der Waals surface area (Å²) in [5, 5.41) is 5.53. The summed E-state index contributed by atoms with van der Waals surface area (Å²) in [5.74, 6) is 0.391. The van der Waals surface area contributed by atoms with E-state index in [1.54, 1.807) is 57.0 Å². The van der Waals surface area contributed by atoms with Crippen molar-refractivity contribution in [1.82, 2.24) is 10.2 Å². The SMILES string of the molecule is COc1ccc(NC(=O)C(c2ccccc2C)N(C(=O)CNC(=O)OC(C)(C)C)C(C)CCC(C)C)cc1.